The molecule has 0 fully saturated rings. The van der Waals surface area contributed by atoms with Crippen LogP contribution in [0.4, 0.5) is 5.82 Å². The highest BCUT2D eigenvalue weighted by molar-refractivity contribution is 5.92. The normalized spacial score (nSPS) is 10.6. The third-order valence-electron chi connectivity index (χ3n) is 2.88. The maximum absolute atomic E-state index is 11.9. The van der Waals surface area contributed by atoms with Crippen molar-refractivity contribution in [2.75, 3.05) is 5.32 Å². The Morgan fingerprint density at radius 1 is 1.15 bits per heavy atom. The van der Waals surface area contributed by atoms with Crippen LogP contribution in [0.25, 0.3) is 11.0 Å². The van der Waals surface area contributed by atoms with E-state index in [4.69, 9.17) is 0 Å². The van der Waals surface area contributed by atoms with Crippen LogP contribution < -0.4 is 11.0 Å². The number of rotatable bonds is 3. The van der Waals surface area contributed by atoms with E-state index in [0.29, 0.717) is 11.3 Å². The van der Waals surface area contributed by atoms with Gasteiger partial charge in [-0.25, -0.2) is 9.78 Å². The van der Waals surface area contributed by atoms with Crippen molar-refractivity contribution < 1.29 is 4.79 Å². The monoisotopic (exact) mass is 268 g/mol. The van der Waals surface area contributed by atoms with Crippen LogP contribution >= 0.6 is 0 Å². The standard InChI is InChI=1S/C14H12N4O2/c19-13(18-12-3-1-2-6-15-12)8-9-4-5-10-11(7-9)17-14(20)16-10/h1-7H,8H2,(H,15,18,19)(H2,16,17,20). The van der Waals surface area contributed by atoms with Crippen molar-refractivity contribution in [1.82, 2.24) is 15.0 Å². The van der Waals surface area contributed by atoms with Crippen molar-refractivity contribution in [3.05, 3.63) is 58.6 Å². The molecule has 0 bridgehead atoms. The molecule has 0 aliphatic heterocycles. The molecule has 0 aliphatic carbocycles. The number of H-pyrrole nitrogens is 2. The lowest BCUT2D eigenvalue weighted by Crippen LogP contribution is -2.15. The molecule has 100 valence electrons. The van der Waals surface area contributed by atoms with Gasteiger partial charge in [0.2, 0.25) is 5.91 Å². The fraction of sp³-hybridized carbons (Fsp3) is 0.0714. The molecular weight excluding hydrogens is 256 g/mol. The van der Waals surface area contributed by atoms with Gasteiger partial charge < -0.3 is 15.3 Å². The van der Waals surface area contributed by atoms with Gasteiger partial charge in [-0.15, -0.1) is 0 Å². The molecule has 0 saturated carbocycles. The molecule has 1 aromatic carbocycles. The molecule has 2 aromatic heterocycles. The van der Waals surface area contributed by atoms with Crippen molar-refractivity contribution in [1.29, 1.82) is 0 Å². The molecule has 20 heavy (non-hydrogen) atoms. The fourth-order valence-corrected chi connectivity index (χ4v) is 2.00. The number of carbonyl (C=O) groups excluding carboxylic acids is 1. The Morgan fingerprint density at radius 2 is 2.00 bits per heavy atom. The molecule has 1 amide bonds. The Kier molecular flexibility index (Phi) is 3.04. The van der Waals surface area contributed by atoms with Gasteiger partial charge in [0, 0.05) is 6.20 Å². The second-order valence-electron chi connectivity index (χ2n) is 4.40. The molecule has 6 heteroatoms. The number of aromatic nitrogens is 3. The number of imidazole rings is 1. The molecule has 3 rings (SSSR count). The maximum atomic E-state index is 11.9. The predicted octanol–water partition coefficient (Wildman–Crippen LogP) is 1.43. The summed E-state index contributed by atoms with van der Waals surface area (Å²) in [5, 5.41) is 2.71. The van der Waals surface area contributed by atoms with Crippen LogP contribution in [0.15, 0.2) is 47.4 Å². The quantitative estimate of drug-likeness (QED) is 0.671. The summed E-state index contributed by atoms with van der Waals surface area (Å²) >= 11 is 0. The van der Waals surface area contributed by atoms with Crippen LogP contribution in [0.5, 0.6) is 0 Å². The molecule has 0 saturated heterocycles. The lowest BCUT2D eigenvalue weighted by molar-refractivity contribution is -0.115. The van der Waals surface area contributed by atoms with Gasteiger partial charge in [0.1, 0.15) is 5.82 Å². The highest BCUT2D eigenvalue weighted by Gasteiger charge is 2.06. The zero-order valence-corrected chi connectivity index (χ0v) is 10.5. The van der Waals surface area contributed by atoms with E-state index >= 15 is 0 Å². The Hall–Kier alpha value is -2.89. The summed E-state index contributed by atoms with van der Waals surface area (Å²) in [5.74, 6) is 0.370. The first kappa shape index (κ1) is 12.2. The van der Waals surface area contributed by atoms with Gasteiger partial charge >= 0.3 is 5.69 Å². The molecule has 6 nitrogen and oxygen atoms in total. The van der Waals surface area contributed by atoms with E-state index in [2.05, 4.69) is 20.3 Å². The number of hydrogen-bond donors (Lipinski definition) is 3. The summed E-state index contributed by atoms with van der Waals surface area (Å²) in [7, 11) is 0. The van der Waals surface area contributed by atoms with E-state index < -0.39 is 0 Å². The van der Waals surface area contributed by atoms with Crippen molar-refractivity contribution >= 4 is 22.8 Å². The summed E-state index contributed by atoms with van der Waals surface area (Å²) in [6, 6.07) is 10.7. The van der Waals surface area contributed by atoms with Crippen molar-refractivity contribution in [2.24, 2.45) is 0 Å². The van der Waals surface area contributed by atoms with Crippen LogP contribution in [0.2, 0.25) is 0 Å². The highest BCUT2D eigenvalue weighted by Crippen LogP contribution is 2.11. The predicted molar refractivity (Wildman–Crippen MR) is 75.5 cm³/mol. The first-order valence-corrected chi connectivity index (χ1v) is 6.12. The number of aromatic amines is 2. The van der Waals surface area contributed by atoms with E-state index in [9.17, 15) is 9.59 Å². The second-order valence-corrected chi connectivity index (χ2v) is 4.40. The zero-order valence-electron chi connectivity index (χ0n) is 10.5. The van der Waals surface area contributed by atoms with Crippen LogP contribution in [0, 0.1) is 0 Å². The average Bonchev–Trinajstić information content (AvgIpc) is 2.79. The average molecular weight is 268 g/mol. The van der Waals surface area contributed by atoms with Gasteiger partial charge in [-0.05, 0) is 29.8 Å². The highest BCUT2D eigenvalue weighted by atomic mass is 16.1. The minimum Gasteiger partial charge on any atom is -0.310 e. The molecule has 0 spiro atoms. The van der Waals surface area contributed by atoms with E-state index in [1.807, 2.05) is 6.07 Å². The number of nitrogens with one attached hydrogen (secondary N) is 3. The number of benzene rings is 1. The number of amides is 1. The summed E-state index contributed by atoms with van der Waals surface area (Å²) in [6.07, 6.45) is 1.84. The van der Waals surface area contributed by atoms with Crippen LogP contribution in [-0.4, -0.2) is 20.9 Å². The van der Waals surface area contributed by atoms with E-state index in [-0.39, 0.29) is 18.0 Å². The minimum atomic E-state index is -0.255. The summed E-state index contributed by atoms with van der Waals surface area (Å²) in [6.45, 7) is 0. The molecular formula is C14H12N4O2. The number of hydrogen-bond acceptors (Lipinski definition) is 3. The van der Waals surface area contributed by atoms with Gasteiger partial charge in [-0.2, -0.15) is 0 Å². The Labute approximate surface area is 113 Å². The lowest BCUT2D eigenvalue weighted by Gasteiger charge is -2.04. The van der Waals surface area contributed by atoms with Crippen LogP contribution in [0.1, 0.15) is 5.56 Å². The van der Waals surface area contributed by atoms with Gasteiger partial charge in [-0.1, -0.05) is 12.1 Å². The number of fused-ring (bicyclic) bond motifs is 1. The van der Waals surface area contributed by atoms with Gasteiger partial charge in [0.25, 0.3) is 0 Å². The van der Waals surface area contributed by atoms with E-state index in [1.165, 1.54) is 0 Å². The molecule has 3 N–H and O–H groups in total. The fourth-order valence-electron chi connectivity index (χ4n) is 2.00. The molecule has 0 radical (unpaired) electrons. The van der Waals surface area contributed by atoms with Crippen molar-refractivity contribution in [3.8, 4) is 0 Å². The molecule has 3 aromatic rings. The molecule has 0 unspecified atom stereocenters. The Balaban J connectivity index is 1.75. The maximum Gasteiger partial charge on any atom is 0.323 e. The molecule has 0 atom stereocenters. The summed E-state index contributed by atoms with van der Waals surface area (Å²) in [4.78, 5) is 32.4. The van der Waals surface area contributed by atoms with Gasteiger partial charge in [-0.3, -0.25) is 4.79 Å². The Bertz CT molecular complexity index is 805. The first-order valence-electron chi connectivity index (χ1n) is 6.12. The number of carbonyl (C=O) groups is 1. The van der Waals surface area contributed by atoms with E-state index in [0.717, 1.165) is 11.1 Å². The second kappa shape index (κ2) is 5.00. The van der Waals surface area contributed by atoms with Crippen LogP contribution in [0.3, 0.4) is 0 Å². The van der Waals surface area contributed by atoms with E-state index in [1.54, 1.807) is 36.5 Å². The number of pyridine rings is 1. The van der Waals surface area contributed by atoms with Crippen LogP contribution in [-0.2, 0) is 11.2 Å². The molecule has 2 heterocycles. The molecule has 0 aliphatic rings. The summed E-state index contributed by atoms with van der Waals surface area (Å²) < 4.78 is 0. The SMILES string of the molecule is O=C(Cc1ccc2[nH]c(=O)[nH]c2c1)Nc1ccccn1. The van der Waals surface area contributed by atoms with Crippen molar-refractivity contribution in [2.45, 2.75) is 6.42 Å². The third-order valence-corrected chi connectivity index (χ3v) is 2.88. The summed E-state index contributed by atoms with van der Waals surface area (Å²) in [5.41, 5.74) is 1.98. The van der Waals surface area contributed by atoms with Gasteiger partial charge in [0.15, 0.2) is 0 Å². The topological polar surface area (TPSA) is 90.6 Å². The number of nitrogens with zero attached hydrogens (tertiary/aromatic N) is 1. The lowest BCUT2D eigenvalue weighted by atomic mass is 10.1. The smallest absolute Gasteiger partial charge is 0.310 e. The third kappa shape index (κ3) is 2.59. The van der Waals surface area contributed by atoms with Crippen molar-refractivity contribution in [3.63, 3.8) is 0 Å². The minimum absolute atomic E-state index is 0.152. The largest absolute Gasteiger partial charge is 0.323 e. The first-order chi connectivity index (χ1) is 9.70. The Morgan fingerprint density at radius 3 is 2.80 bits per heavy atom. The number of anilines is 1. The zero-order chi connectivity index (χ0) is 13.9. The van der Waals surface area contributed by atoms with Gasteiger partial charge in [0.05, 0.1) is 17.5 Å².